The SMILES string of the molecule is CC(C)c1ccc(-c2cc(C(F)(F)F)n3ncc(C(=O)NCc4cnn(C)c4)c3n2)cc1. The largest absolute Gasteiger partial charge is 0.433 e. The van der Waals surface area contributed by atoms with E-state index < -0.39 is 17.8 Å². The molecule has 10 heteroatoms. The average Bonchev–Trinajstić information content (AvgIpc) is 3.36. The lowest BCUT2D eigenvalue weighted by atomic mass is 10.0. The van der Waals surface area contributed by atoms with Crippen molar-refractivity contribution in [1.29, 1.82) is 0 Å². The van der Waals surface area contributed by atoms with Crippen LogP contribution in [-0.2, 0) is 19.8 Å². The molecule has 4 aromatic rings. The van der Waals surface area contributed by atoms with Crippen LogP contribution in [0.15, 0.2) is 48.9 Å². The van der Waals surface area contributed by atoms with Gasteiger partial charge in [-0.15, -0.1) is 0 Å². The first-order valence-corrected chi connectivity index (χ1v) is 9.95. The summed E-state index contributed by atoms with van der Waals surface area (Å²) in [5, 5.41) is 10.5. The maximum atomic E-state index is 13.8. The molecule has 1 aromatic carbocycles. The Balaban J connectivity index is 1.75. The highest BCUT2D eigenvalue weighted by Crippen LogP contribution is 2.33. The number of carbonyl (C=O) groups is 1. The molecular weight excluding hydrogens is 421 g/mol. The molecule has 0 atom stereocenters. The van der Waals surface area contributed by atoms with E-state index in [1.54, 1.807) is 36.3 Å². The molecule has 4 rings (SSSR count). The second kappa shape index (κ2) is 8.10. The van der Waals surface area contributed by atoms with Crippen molar-refractivity contribution in [3.8, 4) is 11.3 Å². The van der Waals surface area contributed by atoms with Gasteiger partial charge in [-0.05, 0) is 17.5 Å². The van der Waals surface area contributed by atoms with E-state index in [9.17, 15) is 18.0 Å². The molecule has 0 saturated heterocycles. The number of hydrogen-bond acceptors (Lipinski definition) is 4. The summed E-state index contributed by atoms with van der Waals surface area (Å²) in [6.45, 7) is 4.24. The molecule has 0 fully saturated rings. The first-order valence-electron chi connectivity index (χ1n) is 9.95. The molecule has 3 heterocycles. The van der Waals surface area contributed by atoms with E-state index in [0.29, 0.717) is 10.1 Å². The first-order chi connectivity index (χ1) is 15.1. The molecule has 0 spiro atoms. The predicted octanol–water partition coefficient (Wildman–Crippen LogP) is 4.20. The fourth-order valence-electron chi connectivity index (χ4n) is 3.35. The van der Waals surface area contributed by atoms with Crippen LogP contribution in [0.5, 0.6) is 0 Å². The van der Waals surface area contributed by atoms with Crippen LogP contribution in [0.3, 0.4) is 0 Å². The highest BCUT2D eigenvalue weighted by Gasteiger charge is 2.36. The Morgan fingerprint density at radius 1 is 1.12 bits per heavy atom. The van der Waals surface area contributed by atoms with Crippen LogP contribution in [0.4, 0.5) is 13.2 Å². The molecule has 1 N–H and O–H groups in total. The van der Waals surface area contributed by atoms with E-state index in [2.05, 4.69) is 20.5 Å². The van der Waals surface area contributed by atoms with Crippen LogP contribution in [-0.4, -0.2) is 30.3 Å². The molecule has 0 aliphatic carbocycles. The minimum atomic E-state index is -4.68. The molecule has 166 valence electrons. The lowest BCUT2D eigenvalue weighted by molar-refractivity contribution is -0.142. The van der Waals surface area contributed by atoms with E-state index in [4.69, 9.17) is 0 Å². The van der Waals surface area contributed by atoms with Crippen LogP contribution in [0, 0.1) is 0 Å². The van der Waals surface area contributed by atoms with Crippen molar-refractivity contribution in [2.24, 2.45) is 7.05 Å². The van der Waals surface area contributed by atoms with Crippen molar-refractivity contribution in [2.45, 2.75) is 32.5 Å². The Morgan fingerprint density at radius 3 is 2.44 bits per heavy atom. The Bertz CT molecular complexity index is 1270. The summed E-state index contributed by atoms with van der Waals surface area (Å²) < 4.78 is 43.5. The third kappa shape index (κ3) is 4.20. The monoisotopic (exact) mass is 442 g/mol. The summed E-state index contributed by atoms with van der Waals surface area (Å²) in [7, 11) is 1.74. The Kier molecular flexibility index (Phi) is 5.45. The molecule has 32 heavy (non-hydrogen) atoms. The van der Waals surface area contributed by atoms with Gasteiger partial charge in [-0.2, -0.15) is 23.4 Å². The van der Waals surface area contributed by atoms with Crippen molar-refractivity contribution in [3.05, 3.63) is 71.3 Å². The summed E-state index contributed by atoms with van der Waals surface area (Å²) in [5.74, 6) is -0.285. The summed E-state index contributed by atoms with van der Waals surface area (Å²) in [5.41, 5.74) is 1.24. The summed E-state index contributed by atoms with van der Waals surface area (Å²) >= 11 is 0. The third-order valence-electron chi connectivity index (χ3n) is 5.09. The number of benzene rings is 1. The smallest absolute Gasteiger partial charge is 0.348 e. The summed E-state index contributed by atoms with van der Waals surface area (Å²) in [4.78, 5) is 17.1. The van der Waals surface area contributed by atoms with Gasteiger partial charge in [0.15, 0.2) is 11.3 Å². The second-order valence-electron chi connectivity index (χ2n) is 7.80. The Labute approximate surface area is 181 Å². The summed E-state index contributed by atoms with van der Waals surface area (Å²) in [6.07, 6.45) is -0.254. The number of halogens is 3. The lowest BCUT2D eigenvalue weighted by Crippen LogP contribution is -2.23. The van der Waals surface area contributed by atoms with Gasteiger partial charge in [0.2, 0.25) is 0 Å². The van der Waals surface area contributed by atoms with Crippen LogP contribution in [0.2, 0.25) is 0 Å². The molecule has 0 radical (unpaired) electrons. The fourth-order valence-corrected chi connectivity index (χ4v) is 3.35. The van der Waals surface area contributed by atoms with E-state index in [-0.39, 0.29) is 29.4 Å². The first kappa shape index (κ1) is 21.5. The molecule has 0 unspecified atom stereocenters. The zero-order valence-corrected chi connectivity index (χ0v) is 17.7. The lowest BCUT2D eigenvalue weighted by Gasteiger charge is -2.12. The van der Waals surface area contributed by atoms with Crippen molar-refractivity contribution < 1.29 is 18.0 Å². The minimum Gasteiger partial charge on any atom is -0.348 e. The number of amides is 1. The van der Waals surface area contributed by atoms with Gasteiger partial charge >= 0.3 is 6.18 Å². The number of carbonyl (C=O) groups excluding carboxylic acids is 1. The van der Waals surface area contributed by atoms with Gasteiger partial charge in [0, 0.05) is 30.9 Å². The number of alkyl halides is 3. The molecular formula is C22H21F3N6O. The topological polar surface area (TPSA) is 77.1 Å². The number of rotatable bonds is 5. The number of aryl methyl sites for hydroxylation is 1. The van der Waals surface area contributed by atoms with Crippen LogP contribution >= 0.6 is 0 Å². The third-order valence-corrected chi connectivity index (χ3v) is 5.09. The van der Waals surface area contributed by atoms with Gasteiger partial charge in [-0.1, -0.05) is 38.1 Å². The molecule has 0 aliphatic rings. The molecule has 0 saturated carbocycles. The number of nitrogens with one attached hydrogen (secondary N) is 1. The summed E-state index contributed by atoms with van der Waals surface area (Å²) in [6, 6.07) is 8.12. The average molecular weight is 442 g/mol. The minimum absolute atomic E-state index is 0.0416. The number of aromatic nitrogens is 5. The Hall–Kier alpha value is -3.69. The van der Waals surface area contributed by atoms with Crippen molar-refractivity contribution in [2.75, 3.05) is 0 Å². The zero-order chi connectivity index (χ0) is 23.0. The fraction of sp³-hybridized carbons (Fsp3) is 0.273. The van der Waals surface area contributed by atoms with Crippen molar-refractivity contribution >= 4 is 11.6 Å². The van der Waals surface area contributed by atoms with E-state index in [0.717, 1.165) is 23.4 Å². The van der Waals surface area contributed by atoms with Gasteiger partial charge in [0.05, 0.1) is 18.1 Å². The zero-order valence-electron chi connectivity index (χ0n) is 17.7. The van der Waals surface area contributed by atoms with E-state index in [1.807, 2.05) is 26.0 Å². The normalized spacial score (nSPS) is 12.0. The van der Waals surface area contributed by atoms with Gasteiger partial charge < -0.3 is 5.32 Å². The van der Waals surface area contributed by atoms with Gasteiger partial charge in [-0.3, -0.25) is 9.48 Å². The van der Waals surface area contributed by atoms with Crippen LogP contribution < -0.4 is 5.32 Å². The van der Waals surface area contributed by atoms with E-state index in [1.165, 1.54) is 0 Å². The number of nitrogens with zero attached hydrogens (tertiary/aromatic N) is 5. The molecule has 0 aliphatic heterocycles. The number of hydrogen-bond donors (Lipinski definition) is 1. The van der Waals surface area contributed by atoms with Gasteiger partial charge in [0.1, 0.15) is 5.56 Å². The van der Waals surface area contributed by atoms with E-state index >= 15 is 0 Å². The quantitative estimate of drug-likeness (QED) is 0.503. The second-order valence-corrected chi connectivity index (χ2v) is 7.80. The highest BCUT2D eigenvalue weighted by molar-refractivity contribution is 5.99. The molecule has 0 bridgehead atoms. The van der Waals surface area contributed by atoms with Gasteiger partial charge in [0.25, 0.3) is 5.91 Å². The highest BCUT2D eigenvalue weighted by atomic mass is 19.4. The molecule has 1 amide bonds. The standard InChI is InChI=1S/C22H21F3N6O/c1-13(2)15-4-6-16(7-5-15)18-8-19(22(23,24)25)31-20(29-18)17(11-28-31)21(32)26-9-14-10-27-30(3)12-14/h4-8,10-13H,9H2,1-3H3,(H,26,32). The Morgan fingerprint density at radius 2 is 1.84 bits per heavy atom. The van der Waals surface area contributed by atoms with Gasteiger partial charge in [-0.25, -0.2) is 9.50 Å². The van der Waals surface area contributed by atoms with Crippen molar-refractivity contribution in [3.63, 3.8) is 0 Å². The maximum absolute atomic E-state index is 13.8. The van der Waals surface area contributed by atoms with Crippen LogP contribution in [0.25, 0.3) is 16.9 Å². The molecule has 7 nitrogen and oxygen atoms in total. The van der Waals surface area contributed by atoms with Crippen molar-refractivity contribution in [1.82, 2.24) is 29.7 Å². The maximum Gasteiger partial charge on any atom is 0.433 e. The predicted molar refractivity (Wildman–Crippen MR) is 112 cm³/mol. The number of fused-ring (bicyclic) bond motifs is 1. The molecule has 3 aromatic heterocycles. The van der Waals surface area contributed by atoms with Crippen LogP contribution in [0.1, 0.15) is 46.9 Å².